The standard InChI is InChI=1S/C23H42N6O13/c1-8(31)27-11-15(34)12(28-9(2)32)19(18(37)16(11)35)41-22(39-5)20(23(3,38)7-26-29-24)42-21-13(25-4)17(36)14(33)10(6-30)40-21/h10-22,25,30,33-38H,6-7H2,1-5H3,(H,27,31)(H,28,32)/t10?,11?,12?,13?,14?,15?,16?,17?,18?,19?,20-,21?,22?,23?/m1/s1. The normalized spacial score (nSPS) is 38.0. The van der Waals surface area contributed by atoms with Crippen LogP contribution in [0.15, 0.2) is 5.11 Å². The number of methoxy groups -OCH3 is 1. The van der Waals surface area contributed by atoms with E-state index >= 15 is 0 Å². The highest BCUT2D eigenvalue weighted by molar-refractivity contribution is 5.74. The van der Waals surface area contributed by atoms with Crippen LogP contribution in [-0.2, 0) is 28.5 Å². The lowest BCUT2D eigenvalue weighted by Gasteiger charge is -2.49. The number of carbonyl (C=O) groups excluding carboxylic acids is 2. The summed E-state index contributed by atoms with van der Waals surface area (Å²) in [7, 11) is 2.54. The van der Waals surface area contributed by atoms with Crippen molar-refractivity contribution < 1.29 is 64.3 Å². The minimum absolute atomic E-state index is 0.624. The largest absolute Gasteiger partial charge is 0.394 e. The number of azide groups is 1. The summed E-state index contributed by atoms with van der Waals surface area (Å²) in [6.45, 7) is 2.10. The highest BCUT2D eigenvalue weighted by Crippen LogP contribution is 2.32. The summed E-state index contributed by atoms with van der Waals surface area (Å²) >= 11 is 0. The summed E-state index contributed by atoms with van der Waals surface area (Å²) in [5, 5.41) is 85.3. The van der Waals surface area contributed by atoms with E-state index in [1.54, 1.807) is 0 Å². The highest BCUT2D eigenvalue weighted by atomic mass is 16.7. The number of hydrogen-bond donors (Lipinski definition) is 10. The lowest BCUT2D eigenvalue weighted by atomic mass is 9.81. The van der Waals surface area contributed by atoms with Crippen LogP contribution in [0, 0.1) is 0 Å². The number of ether oxygens (including phenoxy) is 4. The number of rotatable bonds is 13. The van der Waals surface area contributed by atoms with Gasteiger partial charge < -0.3 is 70.6 Å². The van der Waals surface area contributed by atoms with Gasteiger partial charge in [0.05, 0.1) is 43.0 Å². The van der Waals surface area contributed by atoms with Gasteiger partial charge >= 0.3 is 0 Å². The van der Waals surface area contributed by atoms with Gasteiger partial charge in [-0.15, -0.1) is 0 Å². The molecule has 13 unspecified atom stereocenters. The first-order valence-corrected chi connectivity index (χ1v) is 13.1. The average Bonchev–Trinajstić information content (AvgIpc) is 2.93. The van der Waals surface area contributed by atoms with Crippen molar-refractivity contribution in [2.75, 3.05) is 27.3 Å². The van der Waals surface area contributed by atoms with Gasteiger partial charge in [-0.3, -0.25) is 9.59 Å². The van der Waals surface area contributed by atoms with Crippen LogP contribution in [-0.4, -0.2) is 160 Å². The summed E-state index contributed by atoms with van der Waals surface area (Å²) in [5.74, 6) is -1.30. The minimum atomic E-state index is -2.12. The van der Waals surface area contributed by atoms with Gasteiger partial charge in [-0.05, 0) is 19.5 Å². The van der Waals surface area contributed by atoms with E-state index < -0.39 is 110 Å². The zero-order chi connectivity index (χ0) is 31.9. The molecule has 1 aliphatic carbocycles. The first-order chi connectivity index (χ1) is 19.6. The van der Waals surface area contributed by atoms with Gasteiger partial charge in [-0.2, -0.15) is 0 Å². The SMILES string of the molecule is CNC1C(O[C@H](C(OC)OC2C(O)C(O)C(NC(C)=O)C(O)C2NC(C)=O)C(C)(O)CN=[N+]=[N-])OC(CO)C(O)C1O. The van der Waals surface area contributed by atoms with Crippen molar-refractivity contribution >= 4 is 11.8 Å². The van der Waals surface area contributed by atoms with Crippen molar-refractivity contribution in [3.63, 3.8) is 0 Å². The molecule has 0 aromatic rings. The van der Waals surface area contributed by atoms with E-state index in [9.17, 15) is 45.3 Å². The number of likely N-dealkylation sites (N-methyl/N-ethyl adjacent to an activating group) is 1. The average molecular weight is 611 g/mol. The number of hydrogen-bond acceptors (Lipinski definition) is 15. The highest BCUT2D eigenvalue weighted by Gasteiger charge is 2.54. The lowest BCUT2D eigenvalue weighted by Crippen LogP contribution is -2.73. The Hall–Kier alpha value is -2.23. The molecule has 1 saturated carbocycles. The van der Waals surface area contributed by atoms with E-state index in [1.165, 1.54) is 14.0 Å². The second-order valence-electron chi connectivity index (χ2n) is 10.5. The molecule has 19 nitrogen and oxygen atoms in total. The molecule has 0 spiro atoms. The van der Waals surface area contributed by atoms with Crippen LogP contribution >= 0.6 is 0 Å². The van der Waals surface area contributed by atoms with Crippen LogP contribution in [0.2, 0.25) is 0 Å². The monoisotopic (exact) mass is 610 g/mol. The van der Waals surface area contributed by atoms with E-state index in [2.05, 4.69) is 26.0 Å². The van der Waals surface area contributed by atoms with Gasteiger partial charge in [-0.25, -0.2) is 0 Å². The van der Waals surface area contributed by atoms with E-state index in [-0.39, 0.29) is 0 Å². The Balaban J connectivity index is 2.51. The number of nitrogens with one attached hydrogen (secondary N) is 3. The summed E-state index contributed by atoms with van der Waals surface area (Å²) < 4.78 is 22.9. The Bertz CT molecular complexity index is 956. The van der Waals surface area contributed by atoms with Gasteiger partial charge in [0.25, 0.3) is 0 Å². The Morgan fingerprint density at radius 3 is 2.05 bits per heavy atom. The summed E-state index contributed by atoms with van der Waals surface area (Å²) in [6.07, 6.45) is -16.2. The van der Waals surface area contributed by atoms with Gasteiger partial charge in [0, 0.05) is 25.9 Å². The first kappa shape index (κ1) is 36.0. The third-order valence-corrected chi connectivity index (χ3v) is 7.22. The van der Waals surface area contributed by atoms with Crippen molar-refractivity contribution in [2.45, 2.75) is 106 Å². The molecule has 1 heterocycles. The van der Waals surface area contributed by atoms with Crippen LogP contribution in [0.4, 0.5) is 0 Å². The molecule has 10 N–H and O–H groups in total. The summed E-state index contributed by atoms with van der Waals surface area (Å²) in [4.78, 5) is 26.3. The molecular formula is C23H42N6O13. The Morgan fingerprint density at radius 1 is 0.976 bits per heavy atom. The maximum atomic E-state index is 12.0. The molecule has 242 valence electrons. The van der Waals surface area contributed by atoms with Crippen molar-refractivity contribution in [3.05, 3.63) is 10.4 Å². The molecule has 1 aliphatic heterocycles. The summed E-state index contributed by atoms with van der Waals surface area (Å²) in [6, 6.07) is -3.98. The van der Waals surface area contributed by atoms with E-state index in [1.807, 2.05) is 0 Å². The zero-order valence-corrected chi connectivity index (χ0v) is 23.8. The third-order valence-electron chi connectivity index (χ3n) is 7.22. The molecule has 0 radical (unpaired) electrons. The molecule has 19 heteroatoms. The van der Waals surface area contributed by atoms with Crippen molar-refractivity contribution in [3.8, 4) is 0 Å². The fraction of sp³-hybridized carbons (Fsp3) is 0.913. The van der Waals surface area contributed by atoms with Crippen molar-refractivity contribution in [1.82, 2.24) is 16.0 Å². The molecule has 2 fully saturated rings. The Morgan fingerprint density at radius 2 is 1.55 bits per heavy atom. The van der Waals surface area contributed by atoms with Crippen LogP contribution in [0.25, 0.3) is 10.4 Å². The van der Waals surface area contributed by atoms with Gasteiger partial charge in [0.2, 0.25) is 11.8 Å². The van der Waals surface area contributed by atoms with Crippen LogP contribution < -0.4 is 16.0 Å². The molecule has 0 aromatic carbocycles. The zero-order valence-electron chi connectivity index (χ0n) is 23.8. The van der Waals surface area contributed by atoms with E-state index in [0.717, 1.165) is 21.0 Å². The molecule has 42 heavy (non-hydrogen) atoms. The summed E-state index contributed by atoms with van der Waals surface area (Å²) in [5.41, 5.74) is 6.74. The number of aliphatic hydroxyl groups is 7. The fourth-order valence-corrected chi connectivity index (χ4v) is 5.04. The topological polar surface area (TPSA) is 298 Å². The smallest absolute Gasteiger partial charge is 0.217 e. The number of carbonyl (C=O) groups is 2. The van der Waals surface area contributed by atoms with Crippen molar-refractivity contribution in [2.24, 2.45) is 5.11 Å². The predicted octanol–water partition coefficient (Wildman–Crippen LogP) is -5.08. The maximum absolute atomic E-state index is 12.0. The lowest BCUT2D eigenvalue weighted by molar-refractivity contribution is -0.339. The fourth-order valence-electron chi connectivity index (χ4n) is 5.04. The maximum Gasteiger partial charge on any atom is 0.217 e. The number of aliphatic hydroxyl groups excluding tert-OH is 6. The first-order valence-electron chi connectivity index (χ1n) is 13.1. The second-order valence-corrected chi connectivity index (χ2v) is 10.5. The Kier molecular flexibility index (Phi) is 13.3. The molecule has 1 saturated heterocycles. The van der Waals surface area contributed by atoms with Crippen LogP contribution in [0.5, 0.6) is 0 Å². The van der Waals surface area contributed by atoms with Gasteiger partial charge in [-0.1, -0.05) is 5.11 Å². The second kappa shape index (κ2) is 15.5. The predicted molar refractivity (Wildman–Crippen MR) is 139 cm³/mol. The van der Waals surface area contributed by atoms with E-state index in [4.69, 9.17) is 24.5 Å². The third kappa shape index (κ3) is 8.23. The molecule has 0 bridgehead atoms. The quantitative estimate of drug-likeness (QED) is 0.0404. The molecule has 2 aliphatic rings. The molecule has 2 amide bonds. The molecule has 0 aromatic heterocycles. The van der Waals surface area contributed by atoms with Gasteiger partial charge in [0.1, 0.15) is 42.7 Å². The minimum Gasteiger partial charge on any atom is -0.394 e. The molecule has 2 rings (SSSR count). The van der Waals surface area contributed by atoms with E-state index in [0.29, 0.717) is 0 Å². The van der Waals surface area contributed by atoms with Crippen molar-refractivity contribution in [1.29, 1.82) is 0 Å². The molecular weight excluding hydrogens is 568 g/mol. The Labute approximate surface area is 241 Å². The number of amides is 2. The number of nitrogens with zero attached hydrogens (tertiary/aromatic N) is 3. The van der Waals surface area contributed by atoms with Crippen LogP contribution in [0.1, 0.15) is 20.8 Å². The van der Waals surface area contributed by atoms with Crippen LogP contribution in [0.3, 0.4) is 0 Å². The van der Waals surface area contributed by atoms with Gasteiger partial charge in [0.15, 0.2) is 12.6 Å². The molecule has 14 atom stereocenters.